The van der Waals surface area contributed by atoms with Crippen LogP contribution in [0.4, 0.5) is 0 Å². The first-order chi connectivity index (χ1) is 12.3. The summed E-state index contributed by atoms with van der Waals surface area (Å²) < 4.78 is 11.5. The molecule has 2 atom stereocenters. The molecule has 25 heavy (non-hydrogen) atoms. The Balaban J connectivity index is 1.46. The second-order valence-electron chi connectivity index (χ2n) is 6.56. The molecule has 1 saturated heterocycles. The Morgan fingerprint density at radius 1 is 1.24 bits per heavy atom. The van der Waals surface area contributed by atoms with Crippen LogP contribution in [-0.2, 0) is 11.3 Å². The lowest BCUT2D eigenvalue weighted by atomic mass is 10.1. The van der Waals surface area contributed by atoms with Gasteiger partial charge in [0.2, 0.25) is 5.88 Å². The number of carbonyl (C=O) groups excluding carboxylic acids is 1. The first kappa shape index (κ1) is 16.1. The Bertz CT molecular complexity index is 735. The predicted molar refractivity (Wildman–Crippen MR) is 93.4 cm³/mol. The number of amides is 1. The summed E-state index contributed by atoms with van der Waals surface area (Å²) in [5.41, 5.74) is 1.70. The molecule has 130 valence electrons. The van der Waals surface area contributed by atoms with Crippen molar-refractivity contribution in [1.82, 2.24) is 9.88 Å². The van der Waals surface area contributed by atoms with Crippen molar-refractivity contribution < 1.29 is 14.3 Å². The molecular weight excluding hydrogens is 316 g/mol. The van der Waals surface area contributed by atoms with Crippen LogP contribution in [0.25, 0.3) is 0 Å². The molecular formula is C20H22N2O3. The predicted octanol–water partition coefficient (Wildman–Crippen LogP) is 3.05. The van der Waals surface area contributed by atoms with Crippen LogP contribution in [0.2, 0.25) is 0 Å². The average Bonchev–Trinajstić information content (AvgIpc) is 3.16. The number of fused-ring (bicyclic) bond motifs is 1. The summed E-state index contributed by atoms with van der Waals surface area (Å²) in [7, 11) is 0. The van der Waals surface area contributed by atoms with Crippen molar-refractivity contribution >= 4 is 5.91 Å². The van der Waals surface area contributed by atoms with Gasteiger partial charge in [-0.3, -0.25) is 4.79 Å². The van der Waals surface area contributed by atoms with Crippen molar-refractivity contribution in [2.24, 2.45) is 0 Å². The molecule has 1 aromatic carbocycles. The van der Waals surface area contributed by atoms with Gasteiger partial charge < -0.3 is 14.4 Å². The summed E-state index contributed by atoms with van der Waals surface area (Å²) in [5.74, 6) is 0.526. The summed E-state index contributed by atoms with van der Waals surface area (Å²) >= 11 is 0. The van der Waals surface area contributed by atoms with Crippen LogP contribution in [-0.4, -0.2) is 41.1 Å². The van der Waals surface area contributed by atoms with Gasteiger partial charge in [0.05, 0.1) is 18.8 Å². The molecule has 0 N–H and O–H groups in total. The van der Waals surface area contributed by atoms with Crippen molar-refractivity contribution in [3.8, 4) is 5.88 Å². The zero-order valence-corrected chi connectivity index (χ0v) is 14.1. The molecule has 2 aromatic rings. The fraction of sp³-hybridized carbons (Fsp3) is 0.400. The lowest BCUT2D eigenvalue weighted by Crippen LogP contribution is -2.51. The monoisotopic (exact) mass is 338 g/mol. The second-order valence-corrected chi connectivity index (χ2v) is 6.56. The molecule has 1 amide bonds. The fourth-order valence-electron chi connectivity index (χ4n) is 3.70. The maximum atomic E-state index is 13.0. The van der Waals surface area contributed by atoms with E-state index < -0.39 is 0 Å². The number of aromatic nitrogens is 1. The first-order valence-electron chi connectivity index (χ1n) is 8.86. The van der Waals surface area contributed by atoms with E-state index in [0.29, 0.717) is 31.2 Å². The van der Waals surface area contributed by atoms with E-state index in [-0.39, 0.29) is 18.1 Å². The maximum absolute atomic E-state index is 13.0. The summed E-state index contributed by atoms with van der Waals surface area (Å²) in [6.45, 7) is 1.71. The third-order valence-corrected chi connectivity index (χ3v) is 4.95. The molecule has 2 fully saturated rings. The van der Waals surface area contributed by atoms with Crippen LogP contribution >= 0.6 is 0 Å². The third-order valence-electron chi connectivity index (χ3n) is 4.95. The van der Waals surface area contributed by atoms with E-state index in [1.54, 1.807) is 18.3 Å². The quantitative estimate of drug-likeness (QED) is 0.860. The molecule has 0 unspecified atom stereocenters. The highest BCUT2D eigenvalue weighted by Crippen LogP contribution is 2.30. The largest absolute Gasteiger partial charge is 0.473 e. The van der Waals surface area contributed by atoms with Crippen LogP contribution < -0.4 is 4.74 Å². The minimum Gasteiger partial charge on any atom is -0.473 e. The molecule has 5 nitrogen and oxygen atoms in total. The van der Waals surface area contributed by atoms with Crippen molar-refractivity contribution in [2.75, 3.05) is 13.2 Å². The average molecular weight is 338 g/mol. The summed E-state index contributed by atoms with van der Waals surface area (Å²) in [6, 6.07) is 13.6. The van der Waals surface area contributed by atoms with Gasteiger partial charge in [0.15, 0.2) is 0 Å². The molecule has 2 heterocycles. The smallest absolute Gasteiger partial charge is 0.254 e. The van der Waals surface area contributed by atoms with E-state index >= 15 is 0 Å². The molecule has 1 aromatic heterocycles. The summed E-state index contributed by atoms with van der Waals surface area (Å²) in [6.07, 6.45) is 5.05. The van der Waals surface area contributed by atoms with Gasteiger partial charge in [-0.05, 0) is 30.9 Å². The van der Waals surface area contributed by atoms with Gasteiger partial charge in [-0.15, -0.1) is 0 Å². The number of hydrogen-bond donors (Lipinski definition) is 0. The van der Waals surface area contributed by atoms with Crippen LogP contribution in [0.1, 0.15) is 35.2 Å². The second kappa shape index (κ2) is 7.23. The van der Waals surface area contributed by atoms with Crippen molar-refractivity contribution in [3.63, 3.8) is 0 Å². The molecule has 0 bridgehead atoms. The molecule has 2 aliphatic rings. The first-order valence-corrected chi connectivity index (χ1v) is 8.86. The van der Waals surface area contributed by atoms with Crippen LogP contribution in [0.5, 0.6) is 5.88 Å². The zero-order chi connectivity index (χ0) is 17.1. The minimum atomic E-state index is 0.0483. The highest BCUT2D eigenvalue weighted by atomic mass is 16.5. The molecule has 1 aliphatic carbocycles. The van der Waals surface area contributed by atoms with Gasteiger partial charge in [0.25, 0.3) is 5.91 Å². The van der Waals surface area contributed by atoms with Crippen molar-refractivity contribution in [2.45, 2.75) is 38.0 Å². The molecule has 0 spiro atoms. The van der Waals surface area contributed by atoms with E-state index in [0.717, 1.165) is 24.8 Å². The molecule has 4 rings (SSSR count). The Morgan fingerprint density at radius 3 is 3.00 bits per heavy atom. The number of benzene rings is 1. The number of carbonyl (C=O) groups is 1. The highest BCUT2D eigenvalue weighted by Gasteiger charge is 2.38. The number of hydrogen-bond acceptors (Lipinski definition) is 4. The zero-order valence-electron chi connectivity index (χ0n) is 14.1. The maximum Gasteiger partial charge on any atom is 0.254 e. The van der Waals surface area contributed by atoms with E-state index in [2.05, 4.69) is 4.98 Å². The summed E-state index contributed by atoms with van der Waals surface area (Å²) in [5, 5.41) is 0. The van der Waals surface area contributed by atoms with E-state index in [1.165, 1.54) is 0 Å². The number of pyridine rings is 1. The summed E-state index contributed by atoms with van der Waals surface area (Å²) in [4.78, 5) is 19.2. The van der Waals surface area contributed by atoms with E-state index in [4.69, 9.17) is 9.47 Å². The van der Waals surface area contributed by atoms with Gasteiger partial charge >= 0.3 is 0 Å². The van der Waals surface area contributed by atoms with Gasteiger partial charge in [0, 0.05) is 24.4 Å². The SMILES string of the molecule is O=C(c1ccnc(OCc2ccccc2)c1)N1CCO[C@H]2CCC[C@@H]21. The van der Waals surface area contributed by atoms with Crippen LogP contribution in [0.3, 0.4) is 0 Å². The molecule has 1 saturated carbocycles. The topological polar surface area (TPSA) is 51.7 Å². The fourth-order valence-corrected chi connectivity index (χ4v) is 3.70. The Kier molecular flexibility index (Phi) is 4.65. The standard InChI is InChI=1S/C20H22N2O3/c23-20(22-11-12-24-18-8-4-7-17(18)22)16-9-10-21-19(13-16)25-14-15-5-2-1-3-6-15/h1-3,5-6,9-10,13,17-18H,4,7-8,11-12,14H2/t17-,18-/m0/s1. The normalized spacial score (nSPS) is 22.5. The molecule has 0 radical (unpaired) electrons. The Hall–Kier alpha value is -2.40. The molecule has 5 heteroatoms. The minimum absolute atomic E-state index is 0.0483. The van der Waals surface area contributed by atoms with Crippen LogP contribution in [0.15, 0.2) is 48.7 Å². The number of rotatable bonds is 4. The van der Waals surface area contributed by atoms with Crippen LogP contribution in [0, 0.1) is 0 Å². The highest BCUT2D eigenvalue weighted by molar-refractivity contribution is 5.94. The van der Waals surface area contributed by atoms with E-state index in [1.807, 2.05) is 35.2 Å². The molecule has 1 aliphatic heterocycles. The van der Waals surface area contributed by atoms with Gasteiger partial charge in [-0.1, -0.05) is 30.3 Å². The Labute approximate surface area is 147 Å². The number of nitrogens with zero attached hydrogens (tertiary/aromatic N) is 2. The Morgan fingerprint density at radius 2 is 2.12 bits per heavy atom. The van der Waals surface area contributed by atoms with Crippen molar-refractivity contribution in [1.29, 1.82) is 0 Å². The van der Waals surface area contributed by atoms with Gasteiger partial charge in [-0.2, -0.15) is 0 Å². The number of ether oxygens (including phenoxy) is 2. The lowest BCUT2D eigenvalue weighted by Gasteiger charge is -2.37. The number of morpholine rings is 1. The van der Waals surface area contributed by atoms with E-state index in [9.17, 15) is 4.79 Å². The van der Waals surface area contributed by atoms with Crippen molar-refractivity contribution in [3.05, 3.63) is 59.8 Å². The lowest BCUT2D eigenvalue weighted by molar-refractivity contribution is -0.0445. The van der Waals surface area contributed by atoms with Gasteiger partial charge in [0.1, 0.15) is 6.61 Å². The van der Waals surface area contributed by atoms with Gasteiger partial charge in [-0.25, -0.2) is 4.98 Å². The third kappa shape index (κ3) is 3.51.